The molecule has 1 nitrogen and oxygen atoms in total. The molecule has 0 aromatic heterocycles. The van der Waals surface area contributed by atoms with Gasteiger partial charge in [-0.3, -0.25) is 0 Å². The zero-order valence-electron chi connectivity index (χ0n) is 19.3. The molecule has 3 fully saturated rings. The predicted octanol–water partition coefficient (Wildman–Crippen LogP) is 7.39. The SMILES string of the molecule is CC(C)CCC[C@@H](C)[C@H]1CC[C@H]2[C@@H]3CCC4=CCCC(O)[C@]4(C)[C@H]3CC[C@]12C. The van der Waals surface area contributed by atoms with Crippen LogP contribution in [0.5, 0.6) is 0 Å². The van der Waals surface area contributed by atoms with E-state index < -0.39 is 0 Å². The molecule has 0 aromatic carbocycles. The zero-order chi connectivity index (χ0) is 20.1. The quantitative estimate of drug-likeness (QED) is 0.488. The molecule has 0 saturated heterocycles. The molecule has 0 spiro atoms. The van der Waals surface area contributed by atoms with Gasteiger partial charge in [-0.25, -0.2) is 0 Å². The van der Waals surface area contributed by atoms with Gasteiger partial charge in [0.25, 0.3) is 0 Å². The van der Waals surface area contributed by atoms with E-state index in [1.165, 1.54) is 57.8 Å². The maximum Gasteiger partial charge on any atom is 0.0636 e. The highest BCUT2D eigenvalue weighted by molar-refractivity contribution is 5.26. The first kappa shape index (κ1) is 21.0. The standard InChI is InChI=1S/C27H46O/c1-18(2)8-6-9-19(3)22-14-15-23-21-13-12-20-10-7-11-25(28)27(20,5)24(21)16-17-26(22,23)4/h10,18-19,21-25,28H,6-9,11-17H2,1-5H3/t19-,21+,22-,23+,24+,25?,26-,27+/m1/s1. The third-order valence-electron chi connectivity index (χ3n) is 10.4. The number of hydrogen-bond donors (Lipinski definition) is 1. The summed E-state index contributed by atoms with van der Waals surface area (Å²) in [5.74, 6) is 5.18. The van der Waals surface area contributed by atoms with Crippen molar-refractivity contribution in [2.75, 3.05) is 0 Å². The minimum Gasteiger partial charge on any atom is -0.392 e. The molecule has 0 aliphatic heterocycles. The second-order valence-corrected chi connectivity index (χ2v) is 12.1. The molecular formula is C27H46O. The second-order valence-electron chi connectivity index (χ2n) is 12.1. The number of rotatable bonds is 5. The van der Waals surface area contributed by atoms with Gasteiger partial charge in [0.1, 0.15) is 0 Å². The Balaban J connectivity index is 1.50. The molecule has 3 saturated carbocycles. The minimum absolute atomic E-state index is 0.0868. The summed E-state index contributed by atoms with van der Waals surface area (Å²) in [6.07, 6.45) is 17.1. The van der Waals surface area contributed by atoms with Crippen LogP contribution in [0.4, 0.5) is 0 Å². The van der Waals surface area contributed by atoms with Gasteiger partial charge in [-0.2, -0.15) is 0 Å². The predicted molar refractivity (Wildman–Crippen MR) is 119 cm³/mol. The van der Waals surface area contributed by atoms with Crippen LogP contribution in [0.25, 0.3) is 0 Å². The number of aliphatic hydroxyl groups is 1. The van der Waals surface area contributed by atoms with E-state index in [-0.39, 0.29) is 11.5 Å². The Labute approximate surface area is 174 Å². The lowest BCUT2D eigenvalue weighted by atomic mass is 9.46. The first-order chi connectivity index (χ1) is 13.3. The van der Waals surface area contributed by atoms with E-state index in [9.17, 15) is 5.11 Å². The summed E-state index contributed by atoms with van der Waals surface area (Å²) >= 11 is 0. The van der Waals surface area contributed by atoms with Crippen LogP contribution in [-0.2, 0) is 0 Å². The molecule has 160 valence electrons. The van der Waals surface area contributed by atoms with Gasteiger partial charge in [0.15, 0.2) is 0 Å². The van der Waals surface area contributed by atoms with E-state index in [1.807, 2.05) is 0 Å². The van der Waals surface area contributed by atoms with Crippen LogP contribution in [0.3, 0.4) is 0 Å². The normalized spacial score (nSPS) is 46.5. The van der Waals surface area contributed by atoms with Gasteiger partial charge >= 0.3 is 0 Å². The Morgan fingerprint density at radius 3 is 2.54 bits per heavy atom. The molecule has 0 amide bonds. The van der Waals surface area contributed by atoms with Gasteiger partial charge in [0.05, 0.1) is 6.10 Å². The summed E-state index contributed by atoms with van der Waals surface area (Å²) in [5.41, 5.74) is 2.27. The average Bonchev–Trinajstić information content (AvgIpc) is 3.00. The van der Waals surface area contributed by atoms with Gasteiger partial charge in [-0.1, -0.05) is 65.5 Å². The van der Waals surface area contributed by atoms with Crippen LogP contribution in [0.2, 0.25) is 0 Å². The molecule has 0 heterocycles. The molecule has 1 N–H and O–H groups in total. The topological polar surface area (TPSA) is 20.2 Å². The third kappa shape index (κ3) is 3.23. The Hall–Kier alpha value is -0.300. The van der Waals surface area contributed by atoms with Crippen molar-refractivity contribution < 1.29 is 5.11 Å². The lowest BCUT2D eigenvalue weighted by Crippen LogP contribution is -2.54. The lowest BCUT2D eigenvalue weighted by molar-refractivity contribution is -0.0990. The summed E-state index contributed by atoms with van der Waals surface area (Å²) in [4.78, 5) is 0. The molecule has 1 heteroatoms. The summed E-state index contributed by atoms with van der Waals surface area (Å²) in [6.45, 7) is 12.4. The second kappa shape index (κ2) is 7.75. The monoisotopic (exact) mass is 386 g/mol. The largest absolute Gasteiger partial charge is 0.392 e. The first-order valence-electron chi connectivity index (χ1n) is 12.7. The van der Waals surface area contributed by atoms with E-state index in [4.69, 9.17) is 0 Å². The summed E-state index contributed by atoms with van der Waals surface area (Å²) in [6, 6.07) is 0. The van der Waals surface area contributed by atoms with E-state index in [2.05, 4.69) is 40.7 Å². The van der Waals surface area contributed by atoms with E-state index >= 15 is 0 Å². The van der Waals surface area contributed by atoms with Crippen molar-refractivity contribution in [3.63, 3.8) is 0 Å². The van der Waals surface area contributed by atoms with Crippen molar-refractivity contribution in [3.8, 4) is 0 Å². The van der Waals surface area contributed by atoms with Crippen molar-refractivity contribution in [3.05, 3.63) is 11.6 Å². The zero-order valence-corrected chi connectivity index (χ0v) is 19.3. The smallest absolute Gasteiger partial charge is 0.0636 e. The molecule has 1 unspecified atom stereocenters. The van der Waals surface area contributed by atoms with Crippen LogP contribution >= 0.6 is 0 Å². The highest BCUT2D eigenvalue weighted by Crippen LogP contribution is 2.67. The van der Waals surface area contributed by atoms with Crippen LogP contribution in [-0.4, -0.2) is 11.2 Å². The number of fused-ring (bicyclic) bond motifs is 5. The summed E-state index contributed by atoms with van der Waals surface area (Å²) in [7, 11) is 0. The Morgan fingerprint density at radius 2 is 1.79 bits per heavy atom. The van der Waals surface area contributed by atoms with E-state index in [0.29, 0.717) is 5.41 Å². The molecule has 0 bridgehead atoms. The molecular weight excluding hydrogens is 340 g/mol. The minimum atomic E-state index is -0.100. The fraction of sp³-hybridized carbons (Fsp3) is 0.926. The van der Waals surface area contributed by atoms with Crippen molar-refractivity contribution in [1.82, 2.24) is 0 Å². The fourth-order valence-electron chi connectivity index (χ4n) is 8.79. The summed E-state index contributed by atoms with van der Waals surface area (Å²) < 4.78 is 0. The molecule has 4 aliphatic rings. The Bertz CT molecular complexity index is 591. The molecule has 0 radical (unpaired) electrons. The van der Waals surface area contributed by atoms with Gasteiger partial charge < -0.3 is 5.11 Å². The van der Waals surface area contributed by atoms with Crippen molar-refractivity contribution in [2.24, 2.45) is 46.3 Å². The van der Waals surface area contributed by atoms with E-state index in [1.54, 1.807) is 5.57 Å². The lowest BCUT2D eigenvalue weighted by Gasteiger charge is -2.59. The number of allylic oxidation sites excluding steroid dienone is 1. The van der Waals surface area contributed by atoms with Crippen LogP contribution in [0, 0.1) is 46.3 Å². The number of aliphatic hydroxyl groups excluding tert-OH is 1. The maximum absolute atomic E-state index is 11.0. The van der Waals surface area contributed by atoms with Crippen molar-refractivity contribution >= 4 is 0 Å². The van der Waals surface area contributed by atoms with Crippen molar-refractivity contribution in [2.45, 2.75) is 111 Å². The molecule has 4 rings (SSSR count). The Kier molecular flexibility index (Phi) is 5.80. The highest BCUT2D eigenvalue weighted by atomic mass is 16.3. The highest BCUT2D eigenvalue weighted by Gasteiger charge is 2.60. The molecule has 28 heavy (non-hydrogen) atoms. The molecule has 8 atom stereocenters. The van der Waals surface area contributed by atoms with Gasteiger partial charge in [-0.05, 0) is 92.3 Å². The third-order valence-corrected chi connectivity index (χ3v) is 10.4. The average molecular weight is 387 g/mol. The molecule has 4 aliphatic carbocycles. The summed E-state index contributed by atoms with van der Waals surface area (Å²) in [5, 5.41) is 11.0. The number of hydrogen-bond acceptors (Lipinski definition) is 1. The van der Waals surface area contributed by atoms with Gasteiger partial charge in [0, 0.05) is 5.41 Å². The van der Waals surface area contributed by atoms with Crippen LogP contribution < -0.4 is 0 Å². The van der Waals surface area contributed by atoms with E-state index in [0.717, 1.165) is 48.3 Å². The van der Waals surface area contributed by atoms with Crippen molar-refractivity contribution in [1.29, 1.82) is 0 Å². The van der Waals surface area contributed by atoms with Gasteiger partial charge in [0.2, 0.25) is 0 Å². The first-order valence-corrected chi connectivity index (χ1v) is 12.7. The maximum atomic E-state index is 11.0. The van der Waals surface area contributed by atoms with Crippen LogP contribution in [0.1, 0.15) is 105 Å². The fourth-order valence-corrected chi connectivity index (χ4v) is 8.79. The Morgan fingerprint density at radius 1 is 1.00 bits per heavy atom. The van der Waals surface area contributed by atoms with Gasteiger partial charge in [-0.15, -0.1) is 0 Å². The molecule has 0 aromatic rings. The van der Waals surface area contributed by atoms with Crippen LogP contribution in [0.15, 0.2) is 11.6 Å².